The van der Waals surface area contributed by atoms with Crippen molar-refractivity contribution < 1.29 is 5.11 Å². The Morgan fingerprint density at radius 3 is 2.25 bits per heavy atom. The van der Waals surface area contributed by atoms with Gasteiger partial charge in [0.2, 0.25) is 4.99 Å². The second-order valence-corrected chi connectivity index (χ2v) is 2.21. The lowest BCUT2D eigenvalue weighted by atomic mass is 10.6. The second-order valence-electron chi connectivity index (χ2n) is 1.49. The first-order valence-electron chi connectivity index (χ1n) is 2.19. The fourth-order valence-corrected chi connectivity index (χ4v) is 0.554. The number of aliphatic hydroxyl groups excluding tert-OH is 1. The molecule has 1 rings (SSSR count). The van der Waals surface area contributed by atoms with Crippen LogP contribution in [0.3, 0.4) is 0 Å². The van der Waals surface area contributed by atoms with Crippen molar-refractivity contribution >= 4 is 25.1 Å². The molecular formula is C4H6N2OS. The molecule has 44 valence electrons. The van der Waals surface area contributed by atoms with E-state index in [4.69, 9.17) is 5.11 Å². The average molecular weight is 130 g/mol. The van der Waals surface area contributed by atoms with Crippen molar-refractivity contribution in [1.29, 1.82) is 0 Å². The molecule has 4 heteroatoms. The number of hydrogen-bond acceptors (Lipinski definition) is 4. The molecular weight excluding hydrogens is 124 g/mol. The molecule has 0 saturated carbocycles. The number of aliphatic imine (C=N–C) groups is 2. The van der Waals surface area contributed by atoms with Gasteiger partial charge in [-0.25, -0.2) is 9.98 Å². The Hall–Kier alpha value is -0.350. The van der Waals surface area contributed by atoms with Crippen LogP contribution >= 0.6 is 12.6 Å². The molecule has 8 heavy (non-hydrogen) atoms. The summed E-state index contributed by atoms with van der Waals surface area (Å²) in [6.07, 6.45) is 3.03. The van der Waals surface area contributed by atoms with Gasteiger partial charge in [0.05, 0.1) is 6.61 Å². The maximum atomic E-state index is 8.52. The van der Waals surface area contributed by atoms with Gasteiger partial charge in [-0.3, -0.25) is 0 Å². The van der Waals surface area contributed by atoms with Crippen molar-refractivity contribution in [2.75, 3.05) is 6.61 Å². The summed E-state index contributed by atoms with van der Waals surface area (Å²) < 4.78 is 0. The molecule has 0 atom stereocenters. The molecule has 1 aliphatic heterocycles. The minimum absolute atomic E-state index is 0.150. The molecule has 0 saturated heterocycles. The zero-order chi connectivity index (χ0) is 6.04. The van der Waals surface area contributed by atoms with Crippen LogP contribution in [0, 0.1) is 0 Å². The van der Waals surface area contributed by atoms with Gasteiger partial charge in [-0.1, -0.05) is 0 Å². The molecule has 1 aliphatic rings. The Bertz CT molecular complexity index is 131. The van der Waals surface area contributed by atoms with Gasteiger partial charge >= 0.3 is 0 Å². The van der Waals surface area contributed by atoms with Gasteiger partial charge < -0.3 is 5.11 Å². The van der Waals surface area contributed by atoms with E-state index in [1.54, 1.807) is 0 Å². The zero-order valence-corrected chi connectivity index (χ0v) is 5.05. The van der Waals surface area contributed by atoms with Gasteiger partial charge in [-0.05, 0) is 0 Å². The van der Waals surface area contributed by atoms with Crippen molar-refractivity contribution in [3.8, 4) is 0 Å². The van der Waals surface area contributed by atoms with Crippen LogP contribution in [0.2, 0.25) is 0 Å². The summed E-state index contributed by atoms with van der Waals surface area (Å²) in [5, 5.41) is 8.52. The van der Waals surface area contributed by atoms with E-state index in [1.807, 2.05) is 0 Å². The monoisotopic (exact) mass is 130 g/mol. The standard InChI is InChI=1S/C4H6N2OS/c7-3-4(8)5-1-2-6-4/h1-2,7-8H,3H2. The number of thiol groups is 1. The highest BCUT2D eigenvalue weighted by Crippen LogP contribution is 2.18. The lowest BCUT2D eigenvalue weighted by Crippen LogP contribution is -2.17. The van der Waals surface area contributed by atoms with Gasteiger partial charge in [0.1, 0.15) is 0 Å². The summed E-state index contributed by atoms with van der Waals surface area (Å²) in [6, 6.07) is 0. The Balaban J connectivity index is 2.69. The quantitative estimate of drug-likeness (QED) is 0.471. The van der Waals surface area contributed by atoms with Crippen LogP contribution in [-0.4, -0.2) is 29.1 Å². The van der Waals surface area contributed by atoms with E-state index in [0.717, 1.165) is 0 Å². The SMILES string of the molecule is OCC1(S)N=CC=N1. The number of aliphatic hydroxyl groups is 1. The Morgan fingerprint density at radius 1 is 1.50 bits per heavy atom. The van der Waals surface area contributed by atoms with Crippen LogP contribution in [0.5, 0.6) is 0 Å². The number of nitrogens with zero attached hydrogens (tertiary/aromatic N) is 2. The van der Waals surface area contributed by atoms with E-state index in [-0.39, 0.29) is 6.61 Å². The number of hydrogen-bond donors (Lipinski definition) is 2. The fraction of sp³-hybridized carbons (Fsp3) is 0.500. The predicted molar refractivity (Wildman–Crippen MR) is 35.8 cm³/mol. The number of rotatable bonds is 1. The minimum atomic E-state index is -0.875. The van der Waals surface area contributed by atoms with Crippen molar-refractivity contribution in [3.05, 3.63) is 0 Å². The molecule has 0 amide bonds. The summed E-state index contributed by atoms with van der Waals surface area (Å²) in [5.74, 6) is 0. The molecule has 0 aromatic carbocycles. The van der Waals surface area contributed by atoms with E-state index in [0.29, 0.717) is 0 Å². The van der Waals surface area contributed by atoms with Crippen molar-refractivity contribution in [1.82, 2.24) is 0 Å². The summed E-state index contributed by atoms with van der Waals surface area (Å²) in [7, 11) is 0. The van der Waals surface area contributed by atoms with Gasteiger partial charge in [0.25, 0.3) is 0 Å². The van der Waals surface area contributed by atoms with E-state index in [1.165, 1.54) is 12.4 Å². The first-order chi connectivity index (χ1) is 3.77. The summed E-state index contributed by atoms with van der Waals surface area (Å²) in [5.41, 5.74) is 0. The molecule has 0 aromatic heterocycles. The third kappa shape index (κ3) is 0.900. The van der Waals surface area contributed by atoms with Gasteiger partial charge in [0.15, 0.2) is 0 Å². The molecule has 0 aliphatic carbocycles. The largest absolute Gasteiger partial charge is 0.391 e. The maximum absolute atomic E-state index is 8.52. The van der Waals surface area contributed by atoms with Gasteiger partial charge in [-0.15, -0.1) is 12.6 Å². The second kappa shape index (κ2) is 1.87. The van der Waals surface area contributed by atoms with E-state index >= 15 is 0 Å². The van der Waals surface area contributed by atoms with Crippen LogP contribution in [0.15, 0.2) is 9.98 Å². The Morgan fingerprint density at radius 2 is 2.00 bits per heavy atom. The highest BCUT2D eigenvalue weighted by atomic mass is 32.1. The lowest BCUT2D eigenvalue weighted by molar-refractivity contribution is 0.259. The minimum Gasteiger partial charge on any atom is -0.391 e. The molecule has 0 bridgehead atoms. The summed E-state index contributed by atoms with van der Waals surface area (Å²) >= 11 is 3.94. The first kappa shape index (κ1) is 5.78. The van der Waals surface area contributed by atoms with Crippen LogP contribution in [-0.2, 0) is 0 Å². The normalized spacial score (nSPS) is 22.2. The Labute approximate surface area is 52.6 Å². The van der Waals surface area contributed by atoms with Crippen LogP contribution in [0.25, 0.3) is 0 Å². The van der Waals surface area contributed by atoms with E-state index < -0.39 is 4.99 Å². The molecule has 1 N–H and O–H groups in total. The topological polar surface area (TPSA) is 45.0 Å². The molecule has 0 fully saturated rings. The Kier molecular flexibility index (Phi) is 1.35. The summed E-state index contributed by atoms with van der Waals surface area (Å²) in [6.45, 7) is -0.150. The highest BCUT2D eigenvalue weighted by molar-refractivity contribution is 7.81. The average Bonchev–Trinajstić information content (AvgIpc) is 2.17. The third-order valence-corrected chi connectivity index (χ3v) is 1.21. The lowest BCUT2D eigenvalue weighted by Gasteiger charge is -2.10. The first-order valence-corrected chi connectivity index (χ1v) is 2.64. The van der Waals surface area contributed by atoms with E-state index in [9.17, 15) is 0 Å². The van der Waals surface area contributed by atoms with E-state index in [2.05, 4.69) is 22.6 Å². The van der Waals surface area contributed by atoms with Crippen molar-refractivity contribution in [2.45, 2.75) is 4.99 Å². The predicted octanol–water partition coefficient (Wildman–Crippen LogP) is -0.282. The molecule has 0 spiro atoms. The summed E-state index contributed by atoms with van der Waals surface area (Å²) in [4.78, 5) is 6.63. The van der Waals surface area contributed by atoms with Gasteiger partial charge in [-0.2, -0.15) is 0 Å². The fourth-order valence-electron chi connectivity index (χ4n) is 0.420. The van der Waals surface area contributed by atoms with Crippen molar-refractivity contribution in [3.63, 3.8) is 0 Å². The molecule has 0 radical (unpaired) electrons. The zero-order valence-electron chi connectivity index (χ0n) is 4.15. The molecule has 1 heterocycles. The van der Waals surface area contributed by atoms with Crippen molar-refractivity contribution in [2.24, 2.45) is 9.98 Å². The molecule has 0 aromatic rings. The van der Waals surface area contributed by atoms with Gasteiger partial charge in [0, 0.05) is 12.4 Å². The smallest absolute Gasteiger partial charge is 0.217 e. The third-order valence-electron chi connectivity index (χ3n) is 0.841. The maximum Gasteiger partial charge on any atom is 0.217 e. The van der Waals surface area contributed by atoms with Crippen LogP contribution in [0.1, 0.15) is 0 Å². The molecule has 3 nitrogen and oxygen atoms in total. The van der Waals surface area contributed by atoms with Crippen LogP contribution < -0.4 is 0 Å². The van der Waals surface area contributed by atoms with Crippen LogP contribution in [0.4, 0.5) is 0 Å². The highest BCUT2D eigenvalue weighted by Gasteiger charge is 2.21. The molecule has 0 unspecified atom stereocenters.